The van der Waals surface area contributed by atoms with E-state index in [1.165, 1.54) is 29.2 Å². The van der Waals surface area contributed by atoms with Gasteiger partial charge in [-0.25, -0.2) is 0 Å². The second kappa shape index (κ2) is 10.7. The third kappa shape index (κ3) is 5.03. The lowest BCUT2D eigenvalue weighted by Crippen LogP contribution is -2.36. The van der Waals surface area contributed by atoms with Crippen molar-refractivity contribution in [3.63, 3.8) is 0 Å². The van der Waals surface area contributed by atoms with Crippen LogP contribution in [0.5, 0.6) is 0 Å². The topological polar surface area (TPSA) is 93.0 Å². The average molecular weight is 437 g/mol. The van der Waals surface area contributed by atoms with Crippen LogP contribution in [0.25, 0.3) is 5.57 Å². The molecular weight excluding hydrogens is 410 g/mol. The average Bonchev–Trinajstić information content (AvgIpc) is 3.05. The number of amides is 2. The van der Waals surface area contributed by atoms with Gasteiger partial charge in [0, 0.05) is 45.0 Å². The first-order valence-corrected chi connectivity index (χ1v) is 10.7. The van der Waals surface area contributed by atoms with Crippen LogP contribution >= 0.6 is 0 Å². The predicted molar refractivity (Wildman–Crippen MR) is 120 cm³/mol. The van der Waals surface area contributed by atoms with Gasteiger partial charge in [0.05, 0.1) is 10.5 Å². The zero-order valence-electron chi connectivity index (χ0n) is 18.3. The Labute approximate surface area is 187 Å². The van der Waals surface area contributed by atoms with E-state index in [-0.39, 0.29) is 29.6 Å². The van der Waals surface area contributed by atoms with Crippen molar-refractivity contribution in [3.8, 4) is 0 Å². The Hall–Kier alpha value is -3.52. The second-order valence-corrected chi connectivity index (χ2v) is 7.34. The summed E-state index contributed by atoms with van der Waals surface area (Å²) < 4.78 is 5.35. The van der Waals surface area contributed by atoms with Gasteiger partial charge in [-0.2, -0.15) is 0 Å². The number of rotatable bonds is 11. The zero-order valence-corrected chi connectivity index (χ0v) is 18.3. The largest absolute Gasteiger partial charge is 0.382 e. The summed E-state index contributed by atoms with van der Waals surface area (Å²) >= 11 is 0. The van der Waals surface area contributed by atoms with E-state index in [4.69, 9.17) is 4.74 Å². The Balaban J connectivity index is 1.99. The van der Waals surface area contributed by atoms with Crippen molar-refractivity contribution in [2.45, 2.75) is 26.8 Å². The molecule has 0 bridgehead atoms. The van der Waals surface area contributed by atoms with Crippen LogP contribution in [0.15, 0.2) is 60.3 Å². The van der Waals surface area contributed by atoms with Gasteiger partial charge < -0.3 is 9.64 Å². The monoisotopic (exact) mass is 437 g/mol. The van der Waals surface area contributed by atoms with Crippen molar-refractivity contribution >= 4 is 23.1 Å². The molecule has 1 aliphatic heterocycles. The Kier molecular flexibility index (Phi) is 7.72. The summed E-state index contributed by atoms with van der Waals surface area (Å²) in [5.41, 5.74) is 2.03. The summed E-state index contributed by atoms with van der Waals surface area (Å²) in [6.07, 6.45) is 0.539. The van der Waals surface area contributed by atoms with Crippen LogP contribution in [0.3, 0.4) is 0 Å². The molecule has 0 atom stereocenters. The normalized spacial score (nSPS) is 13.8. The van der Waals surface area contributed by atoms with Crippen LogP contribution in [0, 0.1) is 10.1 Å². The number of benzene rings is 2. The molecule has 2 aromatic carbocycles. The Morgan fingerprint density at radius 2 is 1.69 bits per heavy atom. The molecule has 168 valence electrons. The fourth-order valence-electron chi connectivity index (χ4n) is 3.69. The zero-order chi connectivity index (χ0) is 23.1. The number of carbonyl (C=O) groups excluding carboxylic acids is 2. The minimum absolute atomic E-state index is 0.0714. The van der Waals surface area contributed by atoms with Gasteiger partial charge in [-0.1, -0.05) is 30.3 Å². The smallest absolute Gasteiger partial charge is 0.277 e. The maximum Gasteiger partial charge on any atom is 0.277 e. The highest BCUT2D eigenvalue weighted by Crippen LogP contribution is 2.33. The number of carbonyl (C=O) groups is 2. The fraction of sp³-hybridized carbons (Fsp3) is 0.333. The van der Waals surface area contributed by atoms with Crippen LogP contribution in [-0.2, 0) is 20.9 Å². The van der Waals surface area contributed by atoms with Crippen molar-refractivity contribution < 1.29 is 19.2 Å². The first kappa shape index (κ1) is 23.1. The first-order chi connectivity index (χ1) is 15.5. The third-order valence-corrected chi connectivity index (χ3v) is 5.30. The molecule has 1 aliphatic rings. The molecular formula is C24H27N3O5. The molecule has 0 spiro atoms. The fourth-order valence-corrected chi connectivity index (χ4v) is 3.69. The number of nitrogens with zero attached hydrogens (tertiary/aromatic N) is 3. The molecule has 8 nitrogen and oxygen atoms in total. The third-order valence-electron chi connectivity index (χ3n) is 5.30. The maximum atomic E-state index is 13.4. The Bertz CT molecular complexity index is 1000. The van der Waals surface area contributed by atoms with Crippen LogP contribution in [0.2, 0.25) is 0 Å². The van der Waals surface area contributed by atoms with Gasteiger partial charge in [-0.3, -0.25) is 24.6 Å². The van der Waals surface area contributed by atoms with Crippen LogP contribution in [0.4, 0.5) is 5.69 Å². The van der Waals surface area contributed by atoms with E-state index in [0.717, 1.165) is 5.56 Å². The van der Waals surface area contributed by atoms with Crippen molar-refractivity contribution in [1.82, 2.24) is 9.80 Å². The standard InChI is InChI=1S/C24H27N3O5/c1-3-25(17-18-9-6-5-7-10-18)22-21(19-11-13-20(14-12-19)27(30)31)23(28)26(24(22)29)15-8-16-32-4-2/h5-7,9-14H,3-4,8,15-17H2,1-2H3. The van der Waals surface area contributed by atoms with Gasteiger partial charge in [-0.15, -0.1) is 0 Å². The molecule has 3 rings (SSSR count). The Morgan fingerprint density at radius 1 is 1.00 bits per heavy atom. The van der Waals surface area contributed by atoms with E-state index in [2.05, 4.69) is 0 Å². The number of non-ortho nitro benzene ring substituents is 1. The second-order valence-electron chi connectivity index (χ2n) is 7.34. The van der Waals surface area contributed by atoms with Crippen LogP contribution in [0.1, 0.15) is 31.4 Å². The summed E-state index contributed by atoms with van der Waals surface area (Å²) in [7, 11) is 0. The quantitative estimate of drug-likeness (QED) is 0.231. The van der Waals surface area contributed by atoms with E-state index in [0.29, 0.717) is 44.0 Å². The molecule has 0 saturated heterocycles. The van der Waals surface area contributed by atoms with Crippen LogP contribution < -0.4 is 0 Å². The summed E-state index contributed by atoms with van der Waals surface area (Å²) in [5.74, 6) is -0.737. The highest BCUT2D eigenvalue weighted by atomic mass is 16.6. The number of hydrogen-bond acceptors (Lipinski definition) is 6. The number of nitro groups is 1. The van der Waals surface area contributed by atoms with Gasteiger partial charge in [-0.05, 0) is 43.5 Å². The van der Waals surface area contributed by atoms with E-state index in [1.54, 1.807) is 0 Å². The summed E-state index contributed by atoms with van der Waals surface area (Å²) in [4.78, 5) is 40.4. The highest BCUT2D eigenvalue weighted by molar-refractivity contribution is 6.35. The molecule has 0 saturated carbocycles. The minimum Gasteiger partial charge on any atom is -0.382 e. The van der Waals surface area contributed by atoms with Crippen molar-refractivity contribution in [3.05, 3.63) is 81.5 Å². The summed E-state index contributed by atoms with van der Waals surface area (Å²) in [6.45, 7) is 6.08. The molecule has 0 N–H and O–H groups in total. The molecule has 1 heterocycles. The number of hydrogen-bond donors (Lipinski definition) is 0. The molecule has 0 radical (unpaired) electrons. The number of imide groups is 1. The Morgan fingerprint density at radius 3 is 2.28 bits per heavy atom. The lowest BCUT2D eigenvalue weighted by molar-refractivity contribution is -0.384. The van der Waals surface area contributed by atoms with Crippen molar-refractivity contribution in [2.75, 3.05) is 26.3 Å². The van der Waals surface area contributed by atoms with Crippen molar-refractivity contribution in [2.24, 2.45) is 0 Å². The maximum absolute atomic E-state index is 13.4. The van der Waals surface area contributed by atoms with Gasteiger partial charge in [0.1, 0.15) is 5.70 Å². The number of likely N-dealkylation sites (N-methyl/N-ethyl adjacent to an activating group) is 1. The van der Waals surface area contributed by atoms with E-state index < -0.39 is 4.92 Å². The highest BCUT2D eigenvalue weighted by Gasteiger charge is 2.41. The number of ether oxygens (including phenoxy) is 1. The molecule has 2 amide bonds. The molecule has 2 aromatic rings. The molecule has 0 fully saturated rings. The summed E-state index contributed by atoms with van der Waals surface area (Å²) in [5, 5.41) is 11.0. The summed E-state index contributed by atoms with van der Waals surface area (Å²) in [6, 6.07) is 15.5. The molecule has 8 heteroatoms. The SMILES string of the molecule is CCOCCCN1C(=O)C(c2ccc([N+](=O)[O-])cc2)=C(N(CC)Cc2ccccc2)C1=O. The van der Waals surface area contributed by atoms with Crippen molar-refractivity contribution in [1.29, 1.82) is 0 Å². The minimum atomic E-state index is -0.492. The molecule has 0 aromatic heterocycles. The number of nitro benzene ring substituents is 1. The van der Waals surface area contributed by atoms with Gasteiger partial charge >= 0.3 is 0 Å². The lowest BCUT2D eigenvalue weighted by Gasteiger charge is -2.25. The molecule has 0 unspecified atom stereocenters. The molecule has 0 aliphatic carbocycles. The van der Waals surface area contributed by atoms with E-state index in [9.17, 15) is 19.7 Å². The predicted octanol–water partition coefficient (Wildman–Crippen LogP) is 3.62. The van der Waals surface area contributed by atoms with Crippen LogP contribution in [-0.4, -0.2) is 52.8 Å². The van der Waals surface area contributed by atoms with Gasteiger partial charge in [0.15, 0.2) is 0 Å². The first-order valence-electron chi connectivity index (χ1n) is 10.7. The van der Waals surface area contributed by atoms with Gasteiger partial charge in [0.25, 0.3) is 17.5 Å². The van der Waals surface area contributed by atoms with Gasteiger partial charge in [0.2, 0.25) is 0 Å². The lowest BCUT2D eigenvalue weighted by atomic mass is 10.0. The van der Waals surface area contributed by atoms with E-state index >= 15 is 0 Å². The van der Waals surface area contributed by atoms with E-state index in [1.807, 2.05) is 49.1 Å². The molecule has 32 heavy (non-hydrogen) atoms.